The Morgan fingerprint density at radius 2 is 1.77 bits per heavy atom. The largest absolute Gasteiger partial charge is 0.497 e. The normalized spacial score (nSPS) is 17.6. The predicted octanol–water partition coefficient (Wildman–Crippen LogP) is 5.74. The first-order valence-electron chi connectivity index (χ1n) is 16.7. The number of carbonyl (C=O) groups is 3. The lowest BCUT2D eigenvalue weighted by molar-refractivity contribution is -0.143. The van der Waals surface area contributed by atoms with Crippen molar-refractivity contribution in [3.63, 3.8) is 0 Å². The van der Waals surface area contributed by atoms with Crippen molar-refractivity contribution in [3.05, 3.63) is 54.6 Å². The van der Waals surface area contributed by atoms with Crippen LogP contribution in [-0.4, -0.2) is 85.0 Å². The molecule has 3 aromatic rings. The third kappa shape index (κ3) is 9.37. The van der Waals surface area contributed by atoms with Gasteiger partial charge in [0.15, 0.2) is 0 Å². The van der Waals surface area contributed by atoms with Crippen molar-refractivity contribution in [3.8, 4) is 22.8 Å². The van der Waals surface area contributed by atoms with E-state index in [1.54, 1.807) is 32.8 Å². The minimum atomic E-state index is -0.827. The van der Waals surface area contributed by atoms with Gasteiger partial charge in [-0.15, -0.1) is 0 Å². The van der Waals surface area contributed by atoms with Crippen LogP contribution in [0.5, 0.6) is 11.5 Å². The predicted molar refractivity (Wildman–Crippen MR) is 185 cm³/mol. The fraction of sp³-hybridized carbons (Fsp3) is 0.514. The molecule has 4 atom stereocenters. The number of esters is 1. The molecule has 0 radical (unpaired) electrons. The number of carbonyl (C=O) groups excluding carboxylic acids is 3. The van der Waals surface area contributed by atoms with Crippen LogP contribution in [0.3, 0.4) is 0 Å². The fourth-order valence-electron chi connectivity index (χ4n) is 5.90. The lowest BCUT2D eigenvalue weighted by Gasteiger charge is -2.32. The van der Waals surface area contributed by atoms with Gasteiger partial charge in [-0.1, -0.05) is 57.5 Å². The van der Waals surface area contributed by atoms with Gasteiger partial charge in [-0.3, -0.25) is 9.59 Å². The van der Waals surface area contributed by atoms with Crippen LogP contribution >= 0.6 is 0 Å². The summed E-state index contributed by atoms with van der Waals surface area (Å²) in [6.45, 7) is 11.7. The fourth-order valence-corrected chi connectivity index (χ4v) is 5.90. The van der Waals surface area contributed by atoms with E-state index in [1.807, 2.05) is 75.4 Å². The number of amides is 2. The topological polar surface area (TPSA) is 128 Å². The number of hydrogen-bond donors (Lipinski definition) is 2. The summed E-state index contributed by atoms with van der Waals surface area (Å²) in [5.74, 6) is 0.513. The first-order chi connectivity index (χ1) is 22.8. The first kappa shape index (κ1) is 36.5. The highest BCUT2D eigenvalue weighted by Crippen LogP contribution is 2.34. The summed E-state index contributed by atoms with van der Waals surface area (Å²) in [5.41, 5.74) is 1.69. The Labute approximate surface area is 283 Å². The molecule has 11 nitrogen and oxygen atoms in total. The molecule has 1 aromatic heterocycles. The van der Waals surface area contributed by atoms with E-state index in [0.29, 0.717) is 30.9 Å². The van der Waals surface area contributed by atoms with Crippen molar-refractivity contribution in [2.24, 2.45) is 5.92 Å². The minimum Gasteiger partial charge on any atom is -0.497 e. The Morgan fingerprint density at radius 1 is 1.04 bits per heavy atom. The van der Waals surface area contributed by atoms with Gasteiger partial charge in [0.1, 0.15) is 35.3 Å². The monoisotopic (exact) mass is 662 g/mol. The molecule has 1 fully saturated rings. The standard InChI is InChI=1S/C37H50N4O7/c1-9-13-29(35(43)46-8)38-21-25-18-27(22-41(25)34(42)33(23(2)3)40-36(44)48-37(4,5)6)47-32-20-30(24-14-11-10-12-15-24)39-31-19-26(45-7)16-17-28(31)32/h10-12,14-17,19-20,23,25,27,29,33,38H,9,13,18,21-22H2,1-8H3,(H,40,44)/t25-,27+,29-,33-/m0/s1. The van der Waals surface area contributed by atoms with Crippen molar-refractivity contribution in [2.45, 2.75) is 90.6 Å². The molecule has 11 heteroatoms. The highest BCUT2D eigenvalue weighted by atomic mass is 16.6. The second-order valence-electron chi connectivity index (χ2n) is 13.5. The zero-order valence-corrected chi connectivity index (χ0v) is 29.4. The van der Waals surface area contributed by atoms with Crippen LogP contribution in [0.4, 0.5) is 4.79 Å². The van der Waals surface area contributed by atoms with Crippen LogP contribution in [0.1, 0.15) is 60.8 Å². The maximum Gasteiger partial charge on any atom is 0.408 e. The SMILES string of the molecule is CCC[C@H](NC[C@@H]1C[C@@H](Oc2cc(-c3ccccc3)nc3cc(OC)ccc23)CN1C(=O)[C@@H](NC(=O)OC(C)(C)C)C(C)C)C(=O)OC. The van der Waals surface area contributed by atoms with Crippen LogP contribution in [0.2, 0.25) is 0 Å². The number of hydrogen-bond acceptors (Lipinski definition) is 9. The summed E-state index contributed by atoms with van der Waals surface area (Å²) < 4.78 is 22.7. The Balaban J connectivity index is 1.66. The van der Waals surface area contributed by atoms with Crippen LogP contribution in [0.25, 0.3) is 22.2 Å². The van der Waals surface area contributed by atoms with Crippen LogP contribution in [0, 0.1) is 5.92 Å². The molecule has 2 amide bonds. The first-order valence-corrected chi connectivity index (χ1v) is 16.7. The average Bonchev–Trinajstić information content (AvgIpc) is 3.46. The van der Waals surface area contributed by atoms with Gasteiger partial charge in [0.2, 0.25) is 5.91 Å². The second kappa shape index (κ2) is 16.1. The number of methoxy groups -OCH3 is 2. The number of rotatable bonds is 13. The zero-order valence-electron chi connectivity index (χ0n) is 29.4. The molecule has 1 aliphatic heterocycles. The van der Waals surface area contributed by atoms with E-state index in [-0.39, 0.29) is 36.5 Å². The number of fused-ring (bicyclic) bond motifs is 1. The summed E-state index contributed by atoms with van der Waals surface area (Å²) in [4.78, 5) is 46.2. The molecule has 0 spiro atoms. The smallest absolute Gasteiger partial charge is 0.408 e. The Hall–Kier alpha value is -4.38. The summed E-state index contributed by atoms with van der Waals surface area (Å²) in [7, 11) is 2.99. The van der Waals surface area contributed by atoms with E-state index in [4.69, 9.17) is 23.9 Å². The molecule has 260 valence electrons. The molecule has 48 heavy (non-hydrogen) atoms. The summed E-state index contributed by atoms with van der Waals surface area (Å²) in [5, 5.41) is 6.95. The third-order valence-electron chi connectivity index (χ3n) is 8.27. The molecule has 1 saturated heterocycles. The van der Waals surface area contributed by atoms with E-state index in [9.17, 15) is 14.4 Å². The summed E-state index contributed by atoms with van der Waals surface area (Å²) >= 11 is 0. The average molecular weight is 663 g/mol. The van der Waals surface area contributed by atoms with Gasteiger partial charge in [0.25, 0.3) is 0 Å². The second-order valence-corrected chi connectivity index (χ2v) is 13.5. The van der Waals surface area contributed by atoms with Crippen LogP contribution in [0.15, 0.2) is 54.6 Å². The maximum absolute atomic E-state index is 14.2. The lowest BCUT2D eigenvalue weighted by Crippen LogP contribution is -2.55. The van der Waals surface area contributed by atoms with Crippen LogP contribution < -0.4 is 20.1 Å². The Kier molecular flexibility index (Phi) is 12.3. The maximum atomic E-state index is 14.2. The lowest BCUT2D eigenvalue weighted by atomic mass is 10.0. The number of pyridine rings is 1. The highest BCUT2D eigenvalue weighted by molar-refractivity contribution is 5.89. The molecule has 0 aliphatic carbocycles. The molecule has 4 rings (SSSR count). The molecule has 2 aromatic carbocycles. The molecular formula is C37H50N4O7. The van der Waals surface area contributed by atoms with Gasteiger partial charge in [-0.05, 0) is 45.2 Å². The Bertz CT molecular complexity index is 1560. The number of nitrogens with one attached hydrogen (secondary N) is 2. The molecule has 2 heterocycles. The van der Waals surface area contributed by atoms with Crippen molar-refractivity contribution in [2.75, 3.05) is 27.3 Å². The molecule has 2 N–H and O–H groups in total. The van der Waals surface area contributed by atoms with Gasteiger partial charge in [-0.25, -0.2) is 9.78 Å². The van der Waals surface area contributed by atoms with Gasteiger partial charge >= 0.3 is 12.1 Å². The van der Waals surface area contributed by atoms with E-state index in [1.165, 1.54) is 7.11 Å². The zero-order chi connectivity index (χ0) is 35.0. The number of aromatic nitrogens is 1. The number of nitrogens with zero attached hydrogens (tertiary/aromatic N) is 2. The summed E-state index contributed by atoms with van der Waals surface area (Å²) in [6.07, 6.45) is 0.837. The quantitative estimate of drug-likeness (QED) is 0.220. The van der Waals surface area contributed by atoms with Crippen molar-refractivity contribution in [1.29, 1.82) is 0 Å². The van der Waals surface area contributed by atoms with Crippen LogP contribution in [-0.2, 0) is 19.1 Å². The Morgan fingerprint density at radius 3 is 2.40 bits per heavy atom. The van der Waals surface area contributed by atoms with E-state index in [2.05, 4.69) is 10.6 Å². The van der Waals surface area contributed by atoms with Crippen molar-refractivity contribution >= 4 is 28.9 Å². The minimum absolute atomic E-state index is 0.214. The van der Waals surface area contributed by atoms with E-state index in [0.717, 1.165) is 28.6 Å². The molecule has 0 unspecified atom stereocenters. The summed E-state index contributed by atoms with van der Waals surface area (Å²) in [6, 6.07) is 15.8. The van der Waals surface area contributed by atoms with Crippen molar-refractivity contribution < 1.29 is 33.3 Å². The molecule has 0 saturated carbocycles. The molecular weight excluding hydrogens is 612 g/mol. The van der Waals surface area contributed by atoms with Gasteiger partial charge in [0.05, 0.1) is 32.0 Å². The van der Waals surface area contributed by atoms with E-state index >= 15 is 0 Å². The molecule has 1 aliphatic rings. The third-order valence-corrected chi connectivity index (χ3v) is 8.27. The highest BCUT2D eigenvalue weighted by Gasteiger charge is 2.41. The van der Waals surface area contributed by atoms with Gasteiger partial charge < -0.3 is 34.5 Å². The number of alkyl carbamates (subject to hydrolysis) is 1. The number of likely N-dealkylation sites (tertiary alicyclic amines) is 1. The molecule has 0 bridgehead atoms. The van der Waals surface area contributed by atoms with Crippen molar-refractivity contribution in [1.82, 2.24) is 20.5 Å². The van der Waals surface area contributed by atoms with Gasteiger partial charge in [0, 0.05) is 42.1 Å². The number of ether oxygens (including phenoxy) is 4. The van der Waals surface area contributed by atoms with E-state index < -0.39 is 23.8 Å². The van der Waals surface area contributed by atoms with Gasteiger partial charge in [-0.2, -0.15) is 0 Å². The number of benzene rings is 2.